The minimum Gasteiger partial charge on any atom is -0.322 e. The van der Waals surface area contributed by atoms with Crippen LogP contribution >= 0.6 is 11.3 Å². The zero-order valence-corrected chi connectivity index (χ0v) is 20.9. The van der Waals surface area contributed by atoms with Crippen molar-refractivity contribution in [2.24, 2.45) is 5.92 Å². The summed E-state index contributed by atoms with van der Waals surface area (Å²) >= 11 is 1.58. The number of anilines is 1. The number of nitrogens with zero attached hydrogens (tertiary/aromatic N) is 2. The van der Waals surface area contributed by atoms with Crippen LogP contribution in [-0.2, 0) is 22.4 Å². The fraction of sp³-hybridized carbons (Fsp3) is 0.250. The van der Waals surface area contributed by atoms with Crippen LogP contribution in [0.3, 0.4) is 0 Å². The smallest absolute Gasteiger partial charge is 0.227 e. The Kier molecular flexibility index (Phi) is 7.25. The van der Waals surface area contributed by atoms with Gasteiger partial charge in [0.15, 0.2) is 6.29 Å². The van der Waals surface area contributed by atoms with Crippen molar-refractivity contribution in [3.8, 4) is 10.6 Å². The number of hydrogen-bond acceptors (Lipinski definition) is 5. The van der Waals surface area contributed by atoms with Crippen LogP contribution in [-0.4, -0.2) is 27.6 Å². The predicted molar refractivity (Wildman–Crippen MR) is 142 cm³/mol. The number of aryl methyl sites for hydroxylation is 1. The second-order valence-electron chi connectivity index (χ2n) is 9.03. The summed E-state index contributed by atoms with van der Waals surface area (Å²) in [5.74, 6) is 0.197. The van der Waals surface area contributed by atoms with Gasteiger partial charge in [-0.1, -0.05) is 66.7 Å². The highest BCUT2D eigenvalue weighted by atomic mass is 32.1. The molecule has 0 radical (unpaired) electrons. The van der Waals surface area contributed by atoms with E-state index < -0.39 is 6.29 Å². The molecule has 0 saturated carbocycles. The van der Waals surface area contributed by atoms with Gasteiger partial charge in [-0.2, -0.15) is 5.10 Å². The Bertz CT molecular complexity index is 1300. The molecular formula is C28H29N5O2S. The lowest BCUT2D eigenvalue weighted by Gasteiger charge is -2.36. The van der Waals surface area contributed by atoms with Crippen LogP contribution in [0.2, 0.25) is 0 Å². The number of aromatic nitrogens is 2. The summed E-state index contributed by atoms with van der Waals surface area (Å²) in [4.78, 5) is 27.0. The van der Waals surface area contributed by atoms with E-state index in [1.807, 2.05) is 91.2 Å². The van der Waals surface area contributed by atoms with Gasteiger partial charge >= 0.3 is 0 Å². The molecule has 1 fully saturated rings. The van der Waals surface area contributed by atoms with Crippen LogP contribution in [0, 0.1) is 5.92 Å². The lowest BCUT2D eigenvalue weighted by molar-refractivity contribution is -0.130. The van der Waals surface area contributed by atoms with Crippen molar-refractivity contribution >= 4 is 29.0 Å². The number of rotatable bonds is 8. The van der Waals surface area contributed by atoms with Crippen LogP contribution < -0.4 is 16.0 Å². The topological polar surface area (TPSA) is 88.1 Å². The molecule has 2 aromatic heterocycles. The van der Waals surface area contributed by atoms with Gasteiger partial charge in [-0.05, 0) is 42.3 Å². The molecule has 5 rings (SSSR count). The Balaban J connectivity index is 1.33. The number of amides is 2. The molecule has 0 bridgehead atoms. The van der Waals surface area contributed by atoms with Gasteiger partial charge in [0.05, 0.1) is 10.8 Å². The lowest BCUT2D eigenvalue weighted by atomic mass is 9.91. The Labute approximate surface area is 214 Å². The van der Waals surface area contributed by atoms with Crippen molar-refractivity contribution in [1.29, 1.82) is 0 Å². The van der Waals surface area contributed by atoms with E-state index in [9.17, 15) is 9.59 Å². The molecule has 3 heterocycles. The van der Waals surface area contributed by atoms with Crippen molar-refractivity contribution in [2.45, 2.75) is 38.5 Å². The molecule has 3 N–H and O–H groups in total. The molecule has 3 atom stereocenters. The Hall–Kier alpha value is -3.75. The summed E-state index contributed by atoms with van der Waals surface area (Å²) < 4.78 is 1.67. The molecule has 1 saturated heterocycles. The highest BCUT2D eigenvalue weighted by molar-refractivity contribution is 7.13. The third-order valence-electron chi connectivity index (χ3n) is 6.44. The Morgan fingerprint density at radius 1 is 1.03 bits per heavy atom. The van der Waals surface area contributed by atoms with Gasteiger partial charge in [0.25, 0.3) is 0 Å². The first-order valence-corrected chi connectivity index (χ1v) is 13.0. The minimum atomic E-state index is -0.572. The zero-order valence-electron chi connectivity index (χ0n) is 20.1. The highest BCUT2D eigenvalue weighted by Gasteiger charge is 2.35. The lowest BCUT2D eigenvalue weighted by Crippen LogP contribution is -2.58. The maximum atomic E-state index is 13.1. The molecule has 7 nitrogen and oxygen atoms in total. The van der Waals surface area contributed by atoms with Crippen molar-refractivity contribution < 1.29 is 9.59 Å². The fourth-order valence-corrected chi connectivity index (χ4v) is 5.16. The fourth-order valence-electron chi connectivity index (χ4n) is 4.48. The maximum Gasteiger partial charge on any atom is 0.227 e. The standard InChI is InChI=1S/C28H29N5O2S/c1-19-22(17-21-11-6-3-7-12-21)27(35)31-28(29-19)33-25(18-23(32-33)24-13-8-16-36-24)30-26(34)15-14-20-9-4-2-5-10-20/h2-13,16,18-19,22,28-29H,14-15,17H2,1H3,(H,30,34)(H,31,35). The second kappa shape index (κ2) is 10.9. The SMILES string of the molecule is CC1NC(n2nc(-c3cccs3)cc2NC(=O)CCc2ccccc2)NC(=O)C1Cc1ccccc1. The average molecular weight is 500 g/mol. The monoisotopic (exact) mass is 499 g/mol. The summed E-state index contributed by atoms with van der Waals surface area (Å²) in [6.45, 7) is 2.02. The molecular weight excluding hydrogens is 470 g/mol. The number of hydrogen-bond donors (Lipinski definition) is 3. The van der Waals surface area contributed by atoms with Crippen molar-refractivity contribution in [2.75, 3.05) is 5.32 Å². The van der Waals surface area contributed by atoms with E-state index in [1.54, 1.807) is 16.0 Å². The number of carbonyl (C=O) groups excluding carboxylic acids is 2. The van der Waals surface area contributed by atoms with E-state index in [0.29, 0.717) is 25.1 Å². The van der Waals surface area contributed by atoms with E-state index >= 15 is 0 Å². The molecule has 8 heteroatoms. The van der Waals surface area contributed by atoms with Gasteiger partial charge < -0.3 is 10.6 Å². The maximum absolute atomic E-state index is 13.1. The quantitative estimate of drug-likeness (QED) is 0.331. The van der Waals surface area contributed by atoms with E-state index in [-0.39, 0.29) is 23.8 Å². The first kappa shape index (κ1) is 24.0. The first-order valence-electron chi connectivity index (χ1n) is 12.1. The van der Waals surface area contributed by atoms with Crippen LogP contribution in [0.1, 0.15) is 30.8 Å². The van der Waals surface area contributed by atoms with Gasteiger partial charge in [0.1, 0.15) is 11.5 Å². The minimum absolute atomic E-state index is 0.0374. The average Bonchev–Trinajstić information content (AvgIpc) is 3.57. The molecule has 2 aromatic carbocycles. The van der Waals surface area contributed by atoms with Gasteiger partial charge in [-0.15, -0.1) is 11.3 Å². The Morgan fingerprint density at radius 3 is 2.42 bits per heavy atom. The number of benzene rings is 2. The van der Waals surface area contributed by atoms with Crippen LogP contribution in [0.5, 0.6) is 0 Å². The predicted octanol–water partition coefficient (Wildman–Crippen LogP) is 4.61. The van der Waals surface area contributed by atoms with Crippen molar-refractivity contribution in [3.05, 3.63) is 95.4 Å². The largest absolute Gasteiger partial charge is 0.322 e. The van der Waals surface area contributed by atoms with Crippen LogP contribution in [0.4, 0.5) is 5.82 Å². The van der Waals surface area contributed by atoms with E-state index in [4.69, 9.17) is 5.10 Å². The number of thiophene rings is 1. The molecule has 1 aliphatic heterocycles. The van der Waals surface area contributed by atoms with E-state index in [1.165, 1.54) is 0 Å². The molecule has 3 unspecified atom stereocenters. The van der Waals surface area contributed by atoms with Gasteiger partial charge in [0.2, 0.25) is 11.8 Å². The summed E-state index contributed by atoms with van der Waals surface area (Å²) in [7, 11) is 0. The molecule has 36 heavy (non-hydrogen) atoms. The van der Waals surface area contributed by atoms with Crippen molar-refractivity contribution in [3.63, 3.8) is 0 Å². The van der Waals surface area contributed by atoms with E-state index in [2.05, 4.69) is 16.0 Å². The summed E-state index contributed by atoms with van der Waals surface area (Å²) in [5.41, 5.74) is 2.98. The molecule has 184 valence electrons. The molecule has 0 aliphatic carbocycles. The third-order valence-corrected chi connectivity index (χ3v) is 7.34. The normalized spacial score (nSPS) is 19.6. The Morgan fingerprint density at radius 2 is 1.75 bits per heavy atom. The third kappa shape index (κ3) is 5.56. The number of nitrogens with one attached hydrogen (secondary N) is 3. The van der Waals surface area contributed by atoms with Crippen molar-refractivity contribution in [1.82, 2.24) is 20.4 Å². The van der Waals surface area contributed by atoms with Crippen LogP contribution in [0.15, 0.2) is 84.2 Å². The molecule has 4 aromatic rings. The van der Waals surface area contributed by atoms with Gasteiger partial charge in [0, 0.05) is 18.5 Å². The van der Waals surface area contributed by atoms with Gasteiger partial charge in [-0.3, -0.25) is 14.9 Å². The summed E-state index contributed by atoms with van der Waals surface area (Å²) in [6.07, 6.45) is 1.08. The second-order valence-corrected chi connectivity index (χ2v) is 9.98. The first-order chi connectivity index (χ1) is 17.6. The molecule has 2 amide bonds. The molecule has 1 aliphatic rings. The molecule has 0 spiro atoms. The van der Waals surface area contributed by atoms with E-state index in [0.717, 1.165) is 21.7 Å². The van der Waals surface area contributed by atoms with Gasteiger partial charge in [-0.25, -0.2) is 4.68 Å². The summed E-state index contributed by atoms with van der Waals surface area (Å²) in [5, 5.41) is 16.3. The summed E-state index contributed by atoms with van der Waals surface area (Å²) in [6, 6.07) is 25.7. The number of carbonyl (C=O) groups is 2. The highest BCUT2D eigenvalue weighted by Crippen LogP contribution is 2.29. The zero-order chi connectivity index (χ0) is 24.9. The van der Waals surface area contributed by atoms with Crippen LogP contribution in [0.25, 0.3) is 10.6 Å².